The van der Waals surface area contributed by atoms with Crippen LogP contribution < -0.4 is 0 Å². The quantitative estimate of drug-likeness (QED) is 0.775. The highest BCUT2D eigenvalue weighted by Crippen LogP contribution is 2.29. The summed E-state index contributed by atoms with van der Waals surface area (Å²) in [4.78, 5) is 0. The normalized spacial score (nSPS) is 26.5. The molecule has 2 aliphatic rings. The van der Waals surface area contributed by atoms with Crippen molar-refractivity contribution in [2.24, 2.45) is 5.92 Å². The molecule has 0 bridgehead atoms. The first-order chi connectivity index (χ1) is 7.14. The fraction of sp³-hybridized carbons (Fsp3) is 1.00. The highest BCUT2D eigenvalue weighted by Gasteiger charge is 2.40. The van der Waals surface area contributed by atoms with Crippen molar-refractivity contribution in [2.75, 3.05) is 19.7 Å². The Labute approximate surface area is 91.3 Å². The molecular weight excluding hydrogens is 214 g/mol. The van der Waals surface area contributed by atoms with Crippen molar-refractivity contribution in [2.45, 2.75) is 37.4 Å². The van der Waals surface area contributed by atoms with E-state index in [4.69, 9.17) is 5.11 Å². The van der Waals surface area contributed by atoms with Crippen LogP contribution in [0.15, 0.2) is 0 Å². The third-order valence-corrected chi connectivity index (χ3v) is 5.85. The molecule has 0 aromatic carbocycles. The largest absolute Gasteiger partial charge is 0.396 e. The average molecular weight is 233 g/mol. The molecular formula is C10H19NO3S. The SMILES string of the molecule is O=S(=O)(C1CCCCC1)N1CC(CO)C1. The van der Waals surface area contributed by atoms with Gasteiger partial charge in [-0.25, -0.2) is 12.7 Å². The Hall–Kier alpha value is -0.130. The number of sulfonamides is 1. The Bertz CT molecular complexity index is 303. The van der Waals surface area contributed by atoms with E-state index in [1.165, 1.54) is 6.42 Å². The molecule has 15 heavy (non-hydrogen) atoms. The zero-order valence-electron chi connectivity index (χ0n) is 8.93. The van der Waals surface area contributed by atoms with Gasteiger partial charge < -0.3 is 5.11 Å². The van der Waals surface area contributed by atoms with Gasteiger partial charge in [-0.1, -0.05) is 19.3 Å². The van der Waals surface area contributed by atoms with Crippen LogP contribution >= 0.6 is 0 Å². The first-order valence-electron chi connectivity index (χ1n) is 5.74. The maximum atomic E-state index is 12.1. The number of nitrogens with zero attached hydrogens (tertiary/aromatic N) is 1. The third kappa shape index (κ3) is 2.19. The molecule has 1 saturated carbocycles. The molecule has 0 unspecified atom stereocenters. The lowest BCUT2D eigenvalue weighted by Gasteiger charge is -2.40. The summed E-state index contributed by atoms with van der Waals surface area (Å²) in [5, 5.41) is 8.71. The van der Waals surface area contributed by atoms with Gasteiger partial charge in [0.2, 0.25) is 10.0 Å². The van der Waals surface area contributed by atoms with E-state index in [1.54, 1.807) is 4.31 Å². The Morgan fingerprint density at radius 2 is 1.73 bits per heavy atom. The van der Waals surface area contributed by atoms with Crippen molar-refractivity contribution < 1.29 is 13.5 Å². The van der Waals surface area contributed by atoms with E-state index in [0.29, 0.717) is 13.1 Å². The first-order valence-corrected chi connectivity index (χ1v) is 7.24. The minimum atomic E-state index is -3.05. The highest BCUT2D eigenvalue weighted by molar-refractivity contribution is 7.89. The lowest BCUT2D eigenvalue weighted by molar-refractivity contribution is 0.116. The van der Waals surface area contributed by atoms with Gasteiger partial charge in [-0.05, 0) is 12.8 Å². The van der Waals surface area contributed by atoms with Gasteiger partial charge in [0.15, 0.2) is 0 Å². The maximum absolute atomic E-state index is 12.1. The van der Waals surface area contributed by atoms with Gasteiger partial charge in [0.05, 0.1) is 5.25 Å². The minimum Gasteiger partial charge on any atom is -0.396 e. The van der Waals surface area contributed by atoms with Crippen molar-refractivity contribution >= 4 is 10.0 Å². The second kappa shape index (κ2) is 4.39. The summed E-state index contributed by atoms with van der Waals surface area (Å²) in [6, 6.07) is 0. The summed E-state index contributed by atoms with van der Waals surface area (Å²) in [6.45, 7) is 1.15. The summed E-state index contributed by atoms with van der Waals surface area (Å²) in [5.74, 6) is 0.170. The van der Waals surface area contributed by atoms with Gasteiger partial charge in [-0.2, -0.15) is 0 Å². The predicted molar refractivity (Wildman–Crippen MR) is 57.9 cm³/mol. The number of aliphatic hydroxyl groups is 1. The Morgan fingerprint density at radius 3 is 2.27 bits per heavy atom. The lowest BCUT2D eigenvalue weighted by atomic mass is 10.0. The molecule has 1 saturated heterocycles. The summed E-state index contributed by atoms with van der Waals surface area (Å²) in [5.41, 5.74) is 0. The molecule has 2 rings (SSSR count). The summed E-state index contributed by atoms with van der Waals surface area (Å²) < 4.78 is 25.7. The molecule has 1 N–H and O–H groups in total. The molecule has 1 heterocycles. The molecule has 4 nitrogen and oxygen atoms in total. The predicted octanol–water partition coefficient (Wildman–Crippen LogP) is 0.573. The fourth-order valence-corrected chi connectivity index (χ4v) is 4.61. The number of hydrogen-bond acceptors (Lipinski definition) is 3. The van der Waals surface area contributed by atoms with Crippen molar-refractivity contribution in [3.63, 3.8) is 0 Å². The van der Waals surface area contributed by atoms with E-state index in [-0.39, 0.29) is 17.8 Å². The van der Waals surface area contributed by atoms with Crippen molar-refractivity contribution in [1.82, 2.24) is 4.31 Å². The van der Waals surface area contributed by atoms with Crippen LogP contribution in [-0.4, -0.2) is 42.8 Å². The van der Waals surface area contributed by atoms with E-state index < -0.39 is 10.0 Å². The zero-order chi connectivity index (χ0) is 10.9. The van der Waals surface area contributed by atoms with Crippen LogP contribution in [0.1, 0.15) is 32.1 Å². The molecule has 1 aliphatic carbocycles. The molecule has 0 aromatic rings. The second-order valence-electron chi connectivity index (χ2n) is 4.67. The van der Waals surface area contributed by atoms with Crippen LogP contribution in [0, 0.1) is 5.92 Å². The van der Waals surface area contributed by atoms with E-state index in [2.05, 4.69) is 0 Å². The zero-order valence-corrected chi connectivity index (χ0v) is 9.75. The van der Waals surface area contributed by atoms with E-state index >= 15 is 0 Å². The van der Waals surface area contributed by atoms with Gasteiger partial charge in [0.25, 0.3) is 0 Å². The summed E-state index contributed by atoms with van der Waals surface area (Å²) >= 11 is 0. The van der Waals surface area contributed by atoms with E-state index in [9.17, 15) is 8.42 Å². The standard InChI is InChI=1S/C10H19NO3S/c12-8-9-6-11(7-9)15(13,14)10-4-2-1-3-5-10/h9-10,12H,1-8H2. The monoisotopic (exact) mass is 233 g/mol. The van der Waals surface area contributed by atoms with Crippen molar-refractivity contribution in [1.29, 1.82) is 0 Å². The highest BCUT2D eigenvalue weighted by atomic mass is 32.2. The Kier molecular flexibility index (Phi) is 3.33. The van der Waals surface area contributed by atoms with Crippen LogP contribution in [0.3, 0.4) is 0 Å². The summed E-state index contributed by atoms with van der Waals surface area (Å²) in [6.07, 6.45) is 4.90. The first kappa shape index (κ1) is 11.4. The van der Waals surface area contributed by atoms with Crippen LogP contribution in [0.4, 0.5) is 0 Å². The number of hydrogen-bond donors (Lipinski definition) is 1. The maximum Gasteiger partial charge on any atom is 0.217 e. The lowest BCUT2D eigenvalue weighted by Crippen LogP contribution is -2.54. The smallest absolute Gasteiger partial charge is 0.217 e. The van der Waals surface area contributed by atoms with Gasteiger partial charge in [0, 0.05) is 25.6 Å². The minimum absolute atomic E-state index is 0.108. The molecule has 0 aromatic heterocycles. The van der Waals surface area contributed by atoms with Crippen LogP contribution in [0.5, 0.6) is 0 Å². The van der Waals surface area contributed by atoms with Crippen molar-refractivity contribution in [3.8, 4) is 0 Å². The molecule has 0 radical (unpaired) electrons. The third-order valence-electron chi connectivity index (χ3n) is 3.52. The Balaban J connectivity index is 1.95. The molecule has 0 spiro atoms. The van der Waals surface area contributed by atoms with Crippen LogP contribution in [-0.2, 0) is 10.0 Å². The van der Waals surface area contributed by atoms with Gasteiger partial charge in [-0.3, -0.25) is 0 Å². The molecule has 0 atom stereocenters. The number of rotatable bonds is 3. The van der Waals surface area contributed by atoms with E-state index in [1.807, 2.05) is 0 Å². The topological polar surface area (TPSA) is 57.6 Å². The fourth-order valence-electron chi connectivity index (χ4n) is 2.42. The number of aliphatic hydroxyl groups excluding tert-OH is 1. The molecule has 0 amide bonds. The van der Waals surface area contributed by atoms with Gasteiger partial charge >= 0.3 is 0 Å². The molecule has 5 heteroatoms. The van der Waals surface area contributed by atoms with Gasteiger partial charge in [0.1, 0.15) is 0 Å². The van der Waals surface area contributed by atoms with Gasteiger partial charge in [-0.15, -0.1) is 0 Å². The van der Waals surface area contributed by atoms with Crippen LogP contribution in [0.2, 0.25) is 0 Å². The van der Waals surface area contributed by atoms with Crippen LogP contribution in [0.25, 0.3) is 0 Å². The average Bonchev–Trinajstić information content (AvgIpc) is 2.17. The molecule has 88 valence electrons. The summed E-state index contributed by atoms with van der Waals surface area (Å²) in [7, 11) is -3.05. The molecule has 1 aliphatic heterocycles. The molecule has 2 fully saturated rings. The van der Waals surface area contributed by atoms with E-state index in [0.717, 1.165) is 25.7 Å². The van der Waals surface area contributed by atoms with Crippen molar-refractivity contribution in [3.05, 3.63) is 0 Å². The Morgan fingerprint density at radius 1 is 1.13 bits per heavy atom. The second-order valence-corrected chi connectivity index (χ2v) is 6.88.